The number of aromatic nitrogens is 1. The van der Waals surface area contributed by atoms with E-state index >= 15 is 0 Å². The molecule has 0 aromatic carbocycles. The molecule has 2 rings (SSSR count). The van der Waals surface area contributed by atoms with Gasteiger partial charge in [-0.25, -0.2) is 4.98 Å². The van der Waals surface area contributed by atoms with Crippen LogP contribution in [-0.2, 0) is 11.3 Å². The molecule has 0 aliphatic carbocycles. The Morgan fingerprint density at radius 1 is 1.32 bits per heavy atom. The highest BCUT2D eigenvalue weighted by Crippen LogP contribution is 2.08. The molecule has 7 heteroatoms. The van der Waals surface area contributed by atoms with E-state index in [0.717, 1.165) is 11.5 Å². The molecule has 0 radical (unpaired) electrons. The van der Waals surface area contributed by atoms with E-state index in [0.29, 0.717) is 30.8 Å². The first kappa shape index (κ1) is 16.2. The Morgan fingerprint density at radius 2 is 2.14 bits per heavy atom. The third-order valence-electron chi connectivity index (χ3n) is 3.16. The summed E-state index contributed by atoms with van der Waals surface area (Å²) in [6.45, 7) is 4.46. The fraction of sp³-hybridized carbons (Fsp3) is 0.400. The van der Waals surface area contributed by atoms with Crippen molar-refractivity contribution in [2.24, 2.45) is 0 Å². The molecule has 2 heterocycles. The van der Waals surface area contributed by atoms with E-state index in [1.807, 2.05) is 19.2 Å². The lowest BCUT2D eigenvalue weighted by molar-refractivity contribution is -0.121. The summed E-state index contributed by atoms with van der Waals surface area (Å²) in [6.07, 6.45) is 0.938. The second-order valence-electron chi connectivity index (χ2n) is 4.90. The van der Waals surface area contributed by atoms with Crippen molar-refractivity contribution in [3.8, 4) is 0 Å². The highest BCUT2D eigenvalue weighted by molar-refractivity contribution is 7.08. The van der Waals surface area contributed by atoms with Crippen molar-refractivity contribution in [3.05, 3.63) is 39.7 Å². The van der Waals surface area contributed by atoms with Gasteiger partial charge in [0.15, 0.2) is 0 Å². The molecular weight excluding hydrogens is 302 g/mol. The Balaban J connectivity index is 1.60. The minimum absolute atomic E-state index is 0.0849. The maximum Gasteiger partial charge on any atom is 0.252 e. The van der Waals surface area contributed by atoms with E-state index in [4.69, 9.17) is 4.42 Å². The van der Waals surface area contributed by atoms with Gasteiger partial charge in [-0.2, -0.15) is 11.3 Å². The number of aryl methyl sites for hydroxylation is 2. The van der Waals surface area contributed by atoms with Gasteiger partial charge in [0.25, 0.3) is 5.91 Å². The molecule has 0 bridgehead atoms. The van der Waals surface area contributed by atoms with Crippen molar-refractivity contribution in [2.45, 2.75) is 33.2 Å². The number of amides is 2. The zero-order valence-corrected chi connectivity index (χ0v) is 13.5. The molecule has 0 saturated heterocycles. The average molecular weight is 321 g/mol. The molecule has 0 aliphatic heterocycles. The Hall–Kier alpha value is -2.15. The predicted molar refractivity (Wildman–Crippen MR) is 83.7 cm³/mol. The summed E-state index contributed by atoms with van der Waals surface area (Å²) in [4.78, 5) is 27.6. The summed E-state index contributed by atoms with van der Waals surface area (Å²) in [5.41, 5.74) is 1.49. The van der Waals surface area contributed by atoms with E-state index in [1.54, 1.807) is 11.4 Å². The van der Waals surface area contributed by atoms with Gasteiger partial charge >= 0.3 is 0 Å². The van der Waals surface area contributed by atoms with Gasteiger partial charge in [-0.3, -0.25) is 9.59 Å². The largest absolute Gasteiger partial charge is 0.444 e. The summed E-state index contributed by atoms with van der Waals surface area (Å²) in [6, 6.07) is 1.77. The van der Waals surface area contributed by atoms with Crippen molar-refractivity contribution in [1.82, 2.24) is 15.6 Å². The Bertz CT molecular complexity index is 615. The van der Waals surface area contributed by atoms with E-state index in [1.165, 1.54) is 11.3 Å². The highest BCUT2D eigenvalue weighted by atomic mass is 32.1. The predicted octanol–water partition coefficient (Wildman–Crippen LogP) is 2.18. The molecule has 0 spiro atoms. The summed E-state index contributed by atoms with van der Waals surface area (Å²) >= 11 is 1.48. The molecule has 2 aromatic rings. The topological polar surface area (TPSA) is 84.2 Å². The van der Waals surface area contributed by atoms with Crippen LogP contribution in [0.3, 0.4) is 0 Å². The smallest absolute Gasteiger partial charge is 0.252 e. The van der Waals surface area contributed by atoms with Gasteiger partial charge in [0.05, 0.1) is 12.2 Å². The molecule has 0 aliphatic rings. The van der Waals surface area contributed by atoms with Crippen molar-refractivity contribution in [2.75, 3.05) is 6.54 Å². The molecule has 6 nitrogen and oxygen atoms in total. The highest BCUT2D eigenvalue weighted by Gasteiger charge is 2.08. The first-order chi connectivity index (χ1) is 10.6. The minimum Gasteiger partial charge on any atom is -0.444 e. The summed E-state index contributed by atoms with van der Waals surface area (Å²) < 4.78 is 5.38. The van der Waals surface area contributed by atoms with Crippen molar-refractivity contribution in [3.63, 3.8) is 0 Å². The van der Waals surface area contributed by atoms with Crippen LogP contribution in [0, 0.1) is 13.8 Å². The zero-order valence-electron chi connectivity index (χ0n) is 12.6. The van der Waals surface area contributed by atoms with Gasteiger partial charge in [0.1, 0.15) is 5.76 Å². The van der Waals surface area contributed by atoms with Crippen LogP contribution >= 0.6 is 11.3 Å². The van der Waals surface area contributed by atoms with E-state index in [2.05, 4.69) is 15.6 Å². The number of hydrogen-bond donors (Lipinski definition) is 2. The number of nitrogens with zero attached hydrogens (tertiary/aromatic N) is 1. The third kappa shape index (κ3) is 4.70. The average Bonchev–Trinajstić information content (AvgIpc) is 3.12. The number of carbonyl (C=O) groups is 2. The molecule has 0 atom stereocenters. The first-order valence-electron chi connectivity index (χ1n) is 7.06. The normalized spacial score (nSPS) is 10.5. The number of nitrogens with one attached hydrogen (secondary N) is 2. The SMILES string of the molecule is Cc1nc(CNC(=O)CCCNC(=O)c2ccsc2)oc1C. The Labute approximate surface area is 132 Å². The van der Waals surface area contributed by atoms with Gasteiger partial charge in [-0.1, -0.05) is 0 Å². The van der Waals surface area contributed by atoms with Crippen LogP contribution < -0.4 is 10.6 Å². The van der Waals surface area contributed by atoms with Crippen LogP contribution in [0.5, 0.6) is 0 Å². The quantitative estimate of drug-likeness (QED) is 0.766. The lowest BCUT2D eigenvalue weighted by Crippen LogP contribution is -2.27. The molecule has 118 valence electrons. The van der Waals surface area contributed by atoms with Crippen LogP contribution in [0.15, 0.2) is 21.2 Å². The fourth-order valence-electron chi connectivity index (χ4n) is 1.82. The maximum atomic E-state index is 11.7. The van der Waals surface area contributed by atoms with Gasteiger partial charge in [0, 0.05) is 23.9 Å². The number of rotatable bonds is 7. The number of thiophene rings is 1. The maximum absolute atomic E-state index is 11.7. The molecule has 2 N–H and O–H groups in total. The third-order valence-corrected chi connectivity index (χ3v) is 3.84. The van der Waals surface area contributed by atoms with Crippen molar-refractivity contribution < 1.29 is 14.0 Å². The molecule has 0 fully saturated rings. The van der Waals surface area contributed by atoms with Crippen LogP contribution in [0.25, 0.3) is 0 Å². The Morgan fingerprint density at radius 3 is 2.77 bits per heavy atom. The van der Waals surface area contributed by atoms with E-state index in [-0.39, 0.29) is 18.4 Å². The fourth-order valence-corrected chi connectivity index (χ4v) is 2.46. The zero-order chi connectivity index (χ0) is 15.9. The molecule has 0 saturated carbocycles. The lowest BCUT2D eigenvalue weighted by Gasteiger charge is -2.04. The van der Waals surface area contributed by atoms with Gasteiger partial charge in [0.2, 0.25) is 11.8 Å². The number of carbonyl (C=O) groups excluding carboxylic acids is 2. The summed E-state index contributed by atoms with van der Waals surface area (Å²) in [5.74, 6) is 1.08. The number of hydrogen-bond acceptors (Lipinski definition) is 5. The second kappa shape index (κ2) is 7.74. The number of oxazole rings is 1. The van der Waals surface area contributed by atoms with Crippen LogP contribution in [0.4, 0.5) is 0 Å². The van der Waals surface area contributed by atoms with Gasteiger partial charge in [-0.05, 0) is 31.7 Å². The van der Waals surface area contributed by atoms with Gasteiger partial charge < -0.3 is 15.1 Å². The molecule has 2 aromatic heterocycles. The summed E-state index contributed by atoms with van der Waals surface area (Å²) in [5, 5.41) is 9.18. The molecule has 22 heavy (non-hydrogen) atoms. The standard InChI is InChI=1S/C15H19N3O3S/c1-10-11(2)21-14(18-10)8-17-13(19)4-3-6-16-15(20)12-5-7-22-9-12/h5,7,9H,3-4,6,8H2,1-2H3,(H,16,20)(H,17,19). The first-order valence-corrected chi connectivity index (χ1v) is 8.00. The van der Waals surface area contributed by atoms with Crippen molar-refractivity contribution in [1.29, 1.82) is 0 Å². The van der Waals surface area contributed by atoms with E-state index < -0.39 is 0 Å². The molecular formula is C15H19N3O3S. The van der Waals surface area contributed by atoms with Crippen LogP contribution in [0.1, 0.15) is 40.5 Å². The monoisotopic (exact) mass is 321 g/mol. The van der Waals surface area contributed by atoms with Crippen molar-refractivity contribution >= 4 is 23.2 Å². The van der Waals surface area contributed by atoms with E-state index in [9.17, 15) is 9.59 Å². The van der Waals surface area contributed by atoms with Crippen LogP contribution in [-0.4, -0.2) is 23.3 Å². The lowest BCUT2D eigenvalue weighted by atomic mass is 10.2. The Kier molecular flexibility index (Phi) is 5.71. The molecule has 2 amide bonds. The second-order valence-corrected chi connectivity index (χ2v) is 5.68. The van der Waals surface area contributed by atoms with Gasteiger partial charge in [-0.15, -0.1) is 0 Å². The van der Waals surface area contributed by atoms with Crippen LogP contribution in [0.2, 0.25) is 0 Å². The summed E-state index contributed by atoms with van der Waals surface area (Å²) in [7, 11) is 0. The molecule has 0 unspecified atom stereocenters. The minimum atomic E-state index is -0.104.